The van der Waals surface area contributed by atoms with Gasteiger partial charge in [0.2, 0.25) is 5.91 Å². The van der Waals surface area contributed by atoms with Gasteiger partial charge in [-0.05, 0) is 50.6 Å². The van der Waals surface area contributed by atoms with Gasteiger partial charge in [0.05, 0.1) is 31.2 Å². The summed E-state index contributed by atoms with van der Waals surface area (Å²) in [5, 5.41) is 0.492. The number of esters is 1. The Bertz CT molecular complexity index is 1040. The molecule has 0 radical (unpaired) electrons. The molecule has 0 saturated heterocycles. The number of aromatic nitrogens is 1. The Labute approximate surface area is 196 Å². The lowest BCUT2D eigenvalue weighted by Crippen LogP contribution is -2.31. The highest BCUT2D eigenvalue weighted by Gasteiger charge is 2.24. The molecule has 0 bridgehead atoms. The Hall–Kier alpha value is -2.84. The number of rotatable bonds is 10. The van der Waals surface area contributed by atoms with E-state index < -0.39 is 5.97 Å². The number of aryl methyl sites for hydroxylation is 1. The molecule has 0 fully saturated rings. The molecule has 0 spiro atoms. The maximum Gasteiger partial charge on any atom is 0.350 e. The van der Waals surface area contributed by atoms with Crippen molar-refractivity contribution in [1.29, 1.82) is 0 Å². The van der Waals surface area contributed by atoms with Gasteiger partial charge < -0.3 is 9.47 Å². The Balaban J connectivity index is 1.78. The molecule has 0 saturated carbocycles. The van der Waals surface area contributed by atoms with Crippen LogP contribution in [-0.2, 0) is 16.1 Å². The lowest BCUT2D eigenvalue weighted by molar-refractivity contribution is -0.116. The number of thiazole rings is 1. The van der Waals surface area contributed by atoms with E-state index in [0.29, 0.717) is 28.9 Å². The highest BCUT2D eigenvalue weighted by atomic mass is 32.2. The quantitative estimate of drug-likeness (QED) is 0.294. The molecule has 8 heteroatoms. The number of thioether (sulfide) groups is 1. The zero-order valence-corrected chi connectivity index (χ0v) is 20.0. The van der Waals surface area contributed by atoms with Crippen LogP contribution in [0, 0.1) is 6.92 Å². The third kappa shape index (κ3) is 6.34. The summed E-state index contributed by atoms with van der Waals surface area (Å²) in [6.45, 7) is 6.73. The van der Waals surface area contributed by atoms with Crippen LogP contribution < -0.4 is 9.64 Å². The van der Waals surface area contributed by atoms with E-state index in [-0.39, 0.29) is 18.3 Å². The first-order valence-electron chi connectivity index (χ1n) is 10.4. The second-order valence-electron chi connectivity index (χ2n) is 6.79. The second-order valence-corrected chi connectivity index (χ2v) is 8.82. The molecule has 6 nitrogen and oxygen atoms in total. The Morgan fingerprint density at radius 3 is 2.41 bits per heavy atom. The number of benzene rings is 2. The number of hydrogen-bond acceptors (Lipinski definition) is 7. The van der Waals surface area contributed by atoms with Gasteiger partial charge in [0.1, 0.15) is 10.6 Å². The summed E-state index contributed by atoms with van der Waals surface area (Å²) in [7, 11) is 0. The zero-order chi connectivity index (χ0) is 22.9. The van der Waals surface area contributed by atoms with E-state index in [4.69, 9.17) is 9.47 Å². The van der Waals surface area contributed by atoms with Crippen molar-refractivity contribution >= 4 is 40.1 Å². The molecular formula is C24H26N2O4S2. The number of hydrogen-bond donors (Lipinski definition) is 0. The molecule has 1 amide bonds. The van der Waals surface area contributed by atoms with Crippen molar-refractivity contribution in [2.75, 3.05) is 23.9 Å². The number of carbonyl (C=O) groups excluding carboxylic acids is 2. The van der Waals surface area contributed by atoms with Crippen molar-refractivity contribution < 1.29 is 19.1 Å². The van der Waals surface area contributed by atoms with Crippen molar-refractivity contribution in [2.45, 2.75) is 32.2 Å². The van der Waals surface area contributed by atoms with Gasteiger partial charge in [0, 0.05) is 4.90 Å². The van der Waals surface area contributed by atoms with E-state index in [2.05, 4.69) is 4.98 Å². The van der Waals surface area contributed by atoms with E-state index in [1.807, 2.05) is 61.5 Å². The van der Waals surface area contributed by atoms with E-state index in [1.54, 1.807) is 18.7 Å². The van der Waals surface area contributed by atoms with Crippen LogP contribution in [0.1, 0.15) is 34.8 Å². The highest BCUT2D eigenvalue weighted by Crippen LogP contribution is 2.30. The molecule has 2 aromatic carbocycles. The first-order chi connectivity index (χ1) is 15.5. The minimum absolute atomic E-state index is 0.0862. The molecule has 0 aliphatic rings. The fourth-order valence-corrected chi connectivity index (χ4v) is 4.69. The number of ether oxygens (including phenoxy) is 2. The maximum absolute atomic E-state index is 13.2. The summed E-state index contributed by atoms with van der Waals surface area (Å²) < 4.78 is 10.6. The van der Waals surface area contributed by atoms with E-state index >= 15 is 0 Å². The first-order valence-corrected chi connectivity index (χ1v) is 12.2. The van der Waals surface area contributed by atoms with Gasteiger partial charge in [-0.15, -0.1) is 11.8 Å². The number of amides is 1. The summed E-state index contributed by atoms with van der Waals surface area (Å²) in [5.41, 5.74) is 1.55. The van der Waals surface area contributed by atoms with Crippen LogP contribution >= 0.6 is 23.1 Å². The molecule has 0 N–H and O–H groups in total. The molecule has 32 heavy (non-hydrogen) atoms. The largest absolute Gasteiger partial charge is 0.494 e. The van der Waals surface area contributed by atoms with Gasteiger partial charge >= 0.3 is 5.97 Å². The predicted molar refractivity (Wildman–Crippen MR) is 129 cm³/mol. The minimum Gasteiger partial charge on any atom is -0.494 e. The lowest BCUT2D eigenvalue weighted by atomic mass is 10.2. The van der Waals surface area contributed by atoms with Gasteiger partial charge in [-0.2, -0.15) is 0 Å². The van der Waals surface area contributed by atoms with Gasteiger partial charge in [-0.3, -0.25) is 9.69 Å². The molecule has 3 rings (SSSR count). The van der Waals surface area contributed by atoms with Crippen LogP contribution in [-0.4, -0.2) is 35.8 Å². The fourth-order valence-electron chi connectivity index (χ4n) is 2.93. The lowest BCUT2D eigenvalue weighted by Gasteiger charge is -2.20. The van der Waals surface area contributed by atoms with Crippen molar-refractivity contribution in [1.82, 2.24) is 4.98 Å². The van der Waals surface area contributed by atoms with Crippen LogP contribution in [0.2, 0.25) is 0 Å². The van der Waals surface area contributed by atoms with Crippen LogP contribution in [0.4, 0.5) is 5.13 Å². The first kappa shape index (κ1) is 23.8. The number of nitrogens with zero attached hydrogens (tertiary/aromatic N) is 2. The zero-order valence-electron chi connectivity index (χ0n) is 18.4. The number of carbonyl (C=O) groups is 2. The van der Waals surface area contributed by atoms with Crippen LogP contribution in [0.3, 0.4) is 0 Å². The Kier molecular flexibility index (Phi) is 8.70. The smallest absolute Gasteiger partial charge is 0.350 e. The molecular weight excluding hydrogens is 444 g/mol. The SMILES string of the molecule is CCOC(=O)c1sc(N(Cc2ccccc2)C(=O)CSc2ccc(OCC)cc2)nc1C. The third-order valence-corrected chi connectivity index (χ3v) is 6.62. The molecule has 0 aliphatic heterocycles. The molecule has 1 aromatic heterocycles. The van der Waals surface area contributed by atoms with Crippen molar-refractivity contribution in [3.8, 4) is 5.75 Å². The van der Waals surface area contributed by atoms with Gasteiger partial charge in [-0.25, -0.2) is 9.78 Å². The fraction of sp³-hybridized carbons (Fsp3) is 0.292. The van der Waals surface area contributed by atoms with Crippen LogP contribution in [0.15, 0.2) is 59.5 Å². The molecule has 1 heterocycles. The molecule has 0 aliphatic carbocycles. The average Bonchev–Trinajstić information content (AvgIpc) is 3.19. The summed E-state index contributed by atoms with van der Waals surface area (Å²) in [5.74, 6) is 0.550. The van der Waals surface area contributed by atoms with Crippen molar-refractivity contribution in [3.63, 3.8) is 0 Å². The van der Waals surface area contributed by atoms with E-state index in [9.17, 15) is 9.59 Å². The van der Waals surface area contributed by atoms with Crippen LogP contribution in [0.25, 0.3) is 0 Å². The van der Waals surface area contributed by atoms with Crippen LogP contribution in [0.5, 0.6) is 5.75 Å². The standard InChI is InChI=1S/C24H26N2O4S2/c1-4-29-19-11-13-20(14-12-19)31-16-21(27)26(15-18-9-7-6-8-10-18)24-25-17(3)22(32-24)23(28)30-5-2/h6-14H,4-5,15-16H2,1-3H3. The second kappa shape index (κ2) is 11.7. The van der Waals surface area contributed by atoms with Crippen molar-refractivity contribution in [2.24, 2.45) is 0 Å². The molecule has 3 aromatic rings. The van der Waals surface area contributed by atoms with E-state index in [1.165, 1.54) is 23.1 Å². The van der Waals surface area contributed by atoms with Gasteiger partial charge in [0.15, 0.2) is 5.13 Å². The third-order valence-electron chi connectivity index (χ3n) is 4.46. The summed E-state index contributed by atoms with van der Waals surface area (Å²) in [4.78, 5) is 33.0. The minimum atomic E-state index is -0.412. The average molecular weight is 471 g/mol. The monoisotopic (exact) mass is 470 g/mol. The summed E-state index contributed by atoms with van der Waals surface area (Å²) in [6, 6.07) is 17.4. The topological polar surface area (TPSA) is 68.7 Å². The number of anilines is 1. The van der Waals surface area contributed by atoms with E-state index in [0.717, 1.165) is 16.2 Å². The Morgan fingerprint density at radius 1 is 1.03 bits per heavy atom. The summed E-state index contributed by atoms with van der Waals surface area (Å²) >= 11 is 2.64. The van der Waals surface area contributed by atoms with Gasteiger partial charge in [-0.1, -0.05) is 41.7 Å². The maximum atomic E-state index is 13.2. The highest BCUT2D eigenvalue weighted by molar-refractivity contribution is 8.00. The predicted octanol–water partition coefficient (Wildman–Crippen LogP) is 5.35. The van der Waals surface area contributed by atoms with Gasteiger partial charge in [0.25, 0.3) is 0 Å². The summed E-state index contributed by atoms with van der Waals surface area (Å²) in [6.07, 6.45) is 0. The Morgan fingerprint density at radius 2 is 1.75 bits per heavy atom. The van der Waals surface area contributed by atoms with Crippen molar-refractivity contribution in [3.05, 3.63) is 70.7 Å². The molecule has 0 atom stereocenters. The normalized spacial score (nSPS) is 10.6. The molecule has 168 valence electrons. The molecule has 0 unspecified atom stereocenters.